The fraction of sp³-hybridized carbons (Fsp3) is 0.286. The standard InChI is InChI=1S/C14H15BrO2S/c1-3-17-11-6-4-10(5-7-11)13(16)14-12(15)8-9(2)18-14/h4-8,13,16H,3H2,1-2H3. The van der Waals surface area contributed by atoms with Gasteiger partial charge in [0.2, 0.25) is 0 Å². The molecule has 1 unspecified atom stereocenters. The van der Waals surface area contributed by atoms with E-state index >= 15 is 0 Å². The summed E-state index contributed by atoms with van der Waals surface area (Å²) >= 11 is 5.08. The van der Waals surface area contributed by atoms with Crippen molar-refractivity contribution < 1.29 is 9.84 Å². The van der Waals surface area contributed by atoms with Gasteiger partial charge in [0.1, 0.15) is 11.9 Å². The van der Waals surface area contributed by atoms with Crippen LogP contribution in [0.15, 0.2) is 34.8 Å². The van der Waals surface area contributed by atoms with Crippen molar-refractivity contribution in [3.05, 3.63) is 50.1 Å². The summed E-state index contributed by atoms with van der Waals surface area (Å²) in [6.07, 6.45) is -0.589. The van der Waals surface area contributed by atoms with Crippen LogP contribution < -0.4 is 4.74 Å². The molecule has 2 nitrogen and oxygen atoms in total. The zero-order chi connectivity index (χ0) is 13.1. The lowest BCUT2D eigenvalue weighted by molar-refractivity contribution is 0.223. The molecule has 96 valence electrons. The summed E-state index contributed by atoms with van der Waals surface area (Å²) in [7, 11) is 0. The van der Waals surface area contributed by atoms with E-state index in [1.165, 1.54) is 4.88 Å². The predicted molar refractivity (Wildman–Crippen MR) is 78.4 cm³/mol. The first kappa shape index (κ1) is 13.6. The minimum atomic E-state index is -0.589. The molecule has 0 amide bonds. The molecule has 1 N–H and O–H groups in total. The number of hydrogen-bond donors (Lipinski definition) is 1. The highest BCUT2D eigenvalue weighted by Gasteiger charge is 2.16. The smallest absolute Gasteiger partial charge is 0.119 e. The average molecular weight is 327 g/mol. The van der Waals surface area contributed by atoms with Crippen molar-refractivity contribution in [1.29, 1.82) is 0 Å². The van der Waals surface area contributed by atoms with Crippen LogP contribution >= 0.6 is 27.3 Å². The molecule has 0 saturated carbocycles. The molecule has 1 aromatic carbocycles. The van der Waals surface area contributed by atoms with Crippen LogP contribution in [0.4, 0.5) is 0 Å². The Morgan fingerprint density at radius 3 is 2.50 bits per heavy atom. The lowest BCUT2D eigenvalue weighted by atomic mass is 10.1. The number of aryl methyl sites for hydroxylation is 1. The second-order valence-electron chi connectivity index (χ2n) is 3.97. The second-order valence-corrected chi connectivity index (χ2v) is 6.12. The number of benzene rings is 1. The van der Waals surface area contributed by atoms with Gasteiger partial charge in [0, 0.05) is 9.35 Å². The van der Waals surface area contributed by atoms with E-state index in [1.54, 1.807) is 11.3 Å². The molecule has 2 aromatic rings. The third-order valence-corrected chi connectivity index (χ3v) is 4.61. The van der Waals surface area contributed by atoms with Crippen LogP contribution in [0.1, 0.15) is 28.3 Å². The fourth-order valence-electron chi connectivity index (χ4n) is 1.75. The minimum absolute atomic E-state index is 0.589. The van der Waals surface area contributed by atoms with Gasteiger partial charge >= 0.3 is 0 Å². The monoisotopic (exact) mass is 326 g/mol. The summed E-state index contributed by atoms with van der Waals surface area (Å²) in [4.78, 5) is 2.12. The highest BCUT2D eigenvalue weighted by molar-refractivity contribution is 9.10. The first-order chi connectivity index (χ1) is 8.61. The molecule has 0 bridgehead atoms. The molecule has 0 radical (unpaired) electrons. The summed E-state index contributed by atoms with van der Waals surface area (Å²) in [5.41, 5.74) is 0.876. The van der Waals surface area contributed by atoms with Crippen molar-refractivity contribution in [2.75, 3.05) is 6.61 Å². The Kier molecular flexibility index (Phi) is 4.43. The van der Waals surface area contributed by atoms with Crippen LogP contribution in [-0.4, -0.2) is 11.7 Å². The lowest BCUT2D eigenvalue weighted by Gasteiger charge is -2.11. The van der Waals surface area contributed by atoms with Crippen molar-refractivity contribution in [2.45, 2.75) is 20.0 Å². The van der Waals surface area contributed by atoms with Crippen molar-refractivity contribution in [3.63, 3.8) is 0 Å². The number of aliphatic hydroxyl groups excluding tert-OH is 1. The summed E-state index contributed by atoms with van der Waals surface area (Å²) in [5.74, 6) is 0.829. The molecule has 0 fully saturated rings. The van der Waals surface area contributed by atoms with Crippen LogP contribution in [0, 0.1) is 6.92 Å². The fourth-order valence-corrected chi connectivity index (χ4v) is 3.63. The van der Waals surface area contributed by atoms with Crippen molar-refractivity contribution in [2.24, 2.45) is 0 Å². The summed E-state index contributed by atoms with van der Waals surface area (Å²) < 4.78 is 6.35. The Morgan fingerprint density at radius 2 is 2.00 bits per heavy atom. The molecule has 1 heterocycles. The molecular weight excluding hydrogens is 312 g/mol. The number of aliphatic hydroxyl groups is 1. The topological polar surface area (TPSA) is 29.5 Å². The van der Waals surface area contributed by atoms with E-state index in [-0.39, 0.29) is 0 Å². The van der Waals surface area contributed by atoms with Gasteiger partial charge in [0.15, 0.2) is 0 Å². The van der Waals surface area contributed by atoms with Gasteiger partial charge < -0.3 is 9.84 Å². The van der Waals surface area contributed by atoms with Gasteiger partial charge in [0.25, 0.3) is 0 Å². The third kappa shape index (κ3) is 2.94. The van der Waals surface area contributed by atoms with Gasteiger partial charge in [0.05, 0.1) is 11.5 Å². The molecule has 0 aliphatic rings. The van der Waals surface area contributed by atoms with Crippen LogP contribution in [0.3, 0.4) is 0 Å². The summed E-state index contributed by atoms with van der Waals surface area (Å²) in [6.45, 7) is 4.63. The minimum Gasteiger partial charge on any atom is -0.494 e. The maximum Gasteiger partial charge on any atom is 0.119 e. The largest absolute Gasteiger partial charge is 0.494 e. The molecule has 0 spiro atoms. The molecule has 1 aromatic heterocycles. The number of rotatable bonds is 4. The van der Waals surface area contributed by atoms with Crippen LogP contribution in [0.2, 0.25) is 0 Å². The number of halogens is 1. The molecule has 18 heavy (non-hydrogen) atoms. The normalized spacial score (nSPS) is 12.4. The molecular formula is C14H15BrO2S. The van der Waals surface area contributed by atoms with Crippen LogP contribution in [-0.2, 0) is 0 Å². The van der Waals surface area contributed by atoms with Crippen molar-refractivity contribution >= 4 is 27.3 Å². The van der Waals surface area contributed by atoms with Gasteiger partial charge in [-0.25, -0.2) is 0 Å². The summed E-state index contributed by atoms with van der Waals surface area (Å²) in [6, 6.07) is 9.60. The quantitative estimate of drug-likeness (QED) is 0.907. The van der Waals surface area contributed by atoms with Crippen molar-refractivity contribution in [3.8, 4) is 5.75 Å². The average Bonchev–Trinajstić information content (AvgIpc) is 2.69. The molecule has 4 heteroatoms. The first-order valence-corrected chi connectivity index (χ1v) is 7.39. The second kappa shape index (κ2) is 5.87. The SMILES string of the molecule is CCOc1ccc(C(O)c2sc(C)cc2Br)cc1. The van der Waals surface area contributed by atoms with E-state index in [2.05, 4.69) is 15.9 Å². The molecule has 1 atom stereocenters. The zero-order valence-electron chi connectivity index (χ0n) is 10.3. The first-order valence-electron chi connectivity index (χ1n) is 5.78. The maximum atomic E-state index is 10.3. The Balaban J connectivity index is 2.23. The van der Waals surface area contributed by atoms with E-state index < -0.39 is 6.10 Å². The molecule has 2 rings (SSSR count). The number of thiophene rings is 1. The Labute approximate surface area is 119 Å². The van der Waals surface area contributed by atoms with Crippen LogP contribution in [0.25, 0.3) is 0 Å². The third-order valence-electron chi connectivity index (χ3n) is 2.59. The predicted octanol–water partition coefficient (Wildman–Crippen LogP) is 4.30. The molecule has 0 aliphatic carbocycles. The Morgan fingerprint density at radius 1 is 1.33 bits per heavy atom. The maximum absolute atomic E-state index is 10.3. The van der Waals surface area contributed by atoms with Gasteiger partial charge in [-0.05, 0) is 53.5 Å². The molecule has 0 saturated heterocycles. The summed E-state index contributed by atoms with van der Waals surface area (Å²) in [5, 5.41) is 10.3. The van der Waals surface area contributed by atoms with Crippen molar-refractivity contribution in [1.82, 2.24) is 0 Å². The number of ether oxygens (including phenoxy) is 1. The van der Waals surface area contributed by atoms with Gasteiger partial charge in [-0.3, -0.25) is 0 Å². The molecule has 0 aliphatic heterocycles. The number of hydrogen-bond acceptors (Lipinski definition) is 3. The van der Waals surface area contributed by atoms with Crippen LogP contribution in [0.5, 0.6) is 5.75 Å². The Hall–Kier alpha value is -0.840. The zero-order valence-corrected chi connectivity index (χ0v) is 12.7. The van der Waals surface area contributed by atoms with E-state index in [0.29, 0.717) is 6.61 Å². The highest BCUT2D eigenvalue weighted by Crippen LogP contribution is 2.35. The van der Waals surface area contributed by atoms with Gasteiger partial charge in [-0.1, -0.05) is 12.1 Å². The van der Waals surface area contributed by atoms with E-state index in [0.717, 1.165) is 20.7 Å². The lowest BCUT2D eigenvalue weighted by Crippen LogP contribution is -1.98. The van der Waals surface area contributed by atoms with Gasteiger partial charge in [-0.15, -0.1) is 11.3 Å². The van der Waals surface area contributed by atoms with E-state index in [4.69, 9.17) is 4.74 Å². The van der Waals surface area contributed by atoms with E-state index in [1.807, 2.05) is 44.2 Å². The van der Waals surface area contributed by atoms with Gasteiger partial charge in [-0.2, -0.15) is 0 Å². The Bertz CT molecular complexity index is 519. The van der Waals surface area contributed by atoms with E-state index in [9.17, 15) is 5.11 Å². The highest BCUT2D eigenvalue weighted by atomic mass is 79.9.